The highest BCUT2D eigenvalue weighted by Crippen LogP contribution is 2.04. The van der Waals surface area contributed by atoms with E-state index in [1.165, 1.54) is 0 Å². The number of aromatic nitrogens is 1. The number of halogens is 1. The van der Waals surface area contributed by atoms with Gasteiger partial charge in [0.05, 0.1) is 0 Å². The van der Waals surface area contributed by atoms with Gasteiger partial charge < -0.3 is 18.1 Å². The molecule has 0 unspecified atom stereocenters. The Morgan fingerprint density at radius 1 is 1.12 bits per heavy atom. The minimum absolute atomic E-state index is 0. The summed E-state index contributed by atoms with van der Waals surface area (Å²) < 4.78 is 2.04. The van der Waals surface area contributed by atoms with Gasteiger partial charge in [0.1, 0.15) is 0 Å². The molecule has 0 radical (unpaired) electrons. The molecule has 1 aromatic heterocycles. The standard InChI is InChI=1S/C13H12N2O.ClH/c14-13(16)12-6-4-5-11(9-12)10-15-7-2-1-3-8-15;/h1-9H,10H2,(H-,14,16);1H. The normalized spacial score (nSPS) is 9.41. The molecule has 0 saturated carbocycles. The van der Waals surface area contributed by atoms with Gasteiger partial charge in [-0.1, -0.05) is 18.2 Å². The number of rotatable bonds is 3. The van der Waals surface area contributed by atoms with Crippen LogP contribution in [0, 0.1) is 0 Å². The molecule has 0 aliphatic carbocycles. The number of hydrogen-bond donors (Lipinski definition) is 1. The van der Waals surface area contributed by atoms with Crippen molar-refractivity contribution in [3.63, 3.8) is 0 Å². The largest absolute Gasteiger partial charge is 1.00 e. The lowest BCUT2D eigenvalue weighted by Crippen LogP contribution is -3.00. The molecule has 0 aliphatic rings. The van der Waals surface area contributed by atoms with Crippen LogP contribution in [-0.2, 0) is 6.54 Å². The zero-order chi connectivity index (χ0) is 11.4. The Morgan fingerprint density at radius 3 is 2.47 bits per heavy atom. The first kappa shape index (κ1) is 13.2. The maximum atomic E-state index is 11.0. The highest BCUT2D eigenvalue weighted by atomic mass is 35.5. The van der Waals surface area contributed by atoms with E-state index in [1.54, 1.807) is 6.07 Å². The number of primary amides is 1. The first-order valence-corrected chi connectivity index (χ1v) is 5.08. The summed E-state index contributed by atoms with van der Waals surface area (Å²) >= 11 is 0. The SMILES string of the molecule is NC(=O)c1cccc(C[n+]2ccccc2)c1.[Cl-]. The number of hydrogen-bond acceptors (Lipinski definition) is 1. The maximum Gasteiger partial charge on any atom is 0.248 e. The predicted octanol–water partition coefficient (Wildman–Crippen LogP) is -1.87. The van der Waals surface area contributed by atoms with Crippen molar-refractivity contribution < 1.29 is 21.8 Å². The summed E-state index contributed by atoms with van der Waals surface area (Å²) in [4.78, 5) is 11.0. The average molecular weight is 249 g/mol. The van der Waals surface area contributed by atoms with Gasteiger partial charge in [-0.25, -0.2) is 4.57 Å². The number of nitrogens with two attached hydrogens (primary N) is 1. The van der Waals surface area contributed by atoms with Crippen LogP contribution in [0.25, 0.3) is 0 Å². The Bertz CT molecular complexity index is 500. The molecule has 17 heavy (non-hydrogen) atoms. The lowest BCUT2D eigenvalue weighted by molar-refractivity contribution is -0.688. The quantitative estimate of drug-likeness (QED) is 0.636. The fourth-order valence-corrected chi connectivity index (χ4v) is 1.57. The molecule has 88 valence electrons. The smallest absolute Gasteiger partial charge is 0.248 e. The molecule has 1 amide bonds. The van der Waals surface area contributed by atoms with Crippen molar-refractivity contribution in [3.05, 3.63) is 66.0 Å². The van der Waals surface area contributed by atoms with E-state index in [9.17, 15) is 4.79 Å². The molecule has 0 saturated heterocycles. The molecule has 0 spiro atoms. The molecule has 2 aromatic rings. The first-order chi connectivity index (χ1) is 7.75. The second-order valence-electron chi connectivity index (χ2n) is 3.61. The minimum Gasteiger partial charge on any atom is -1.00 e. The van der Waals surface area contributed by atoms with Gasteiger partial charge in [-0.3, -0.25) is 4.79 Å². The van der Waals surface area contributed by atoms with Gasteiger partial charge in [0.2, 0.25) is 5.91 Å². The summed E-state index contributed by atoms with van der Waals surface area (Å²) in [6.45, 7) is 0.738. The number of benzene rings is 1. The van der Waals surface area contributed by atoms with Crippen LogP contribution in [0.15, 0.2) is 54.9 Å². The lowest BCUT2D eigenvalue weighted by Gasteiger charge is -1.99. The Balaban J connectivity index is 0.00000144. The fraction of sp³-hybridized carbons (Fsp3) is 0.0769. The van der Waals surface area contributed by atoms with E-state index in [-0.39, 0.29) is 18.3 Å². The highest BCUT2D eigenvalue weighted by molar-refractivity contribution is 5.92. The fourth-order valence-electron chi connectivity index (χ4n) is 1.57. The Morgan fingerprint density at radius 2 is 1.82 bits per heavy atom. The molecular formula is C13H13ClN2O. The molecule has 2 N–H and O–H groups in total. The maximum absolute atomic E-state index is 11.0. The van der Waals surface area contributed by atoms with Gasteiger partial charge in [-0.15, -0.1) is 0 Å². The highest BCUT2D eigenvalue weighted by Gasteiger charge is 2.04. The van der Waals surface area contributed by atoms with Gasteiger partial charge in [0, 0.05) is 23.3 Å². The average Bonchev–Trinajstić information content (AvgIpc) is 2.30. The van der Waals surface area contributed by atoms with E-state index in [1.807, 2.05) is 53.4 Å². The molecule has 0 atom stereocenters. The Labute approximate surface area is 106 Å². The molecule has 0 bridgehead atoms. The first-order valence-electron chi connectivity index (χ1n) is 5.08. The zero-order valence-corrected chi connectivity index (χ0v) is 9.97. The van der Waals surface area contributed by atoms with Crippen LogP contribution in [0.2, 0.25) is 0 Å². The van der Waals surface area contributed by atoms with Gasteiger partial charge in [0.25, 0.3) is 0 Å². The van der Waals surface area contributed by atoms with Crippen molar-refractivity contribution in [2.45, 2.75) is 6.54 Å². The lowest BCUT2D eigenvalue weighted by atomic mass is 10.1. The van der Waals surface area contributed by atoms with Crippen molar-refractivity contribution in [3.8, 4) is 0 Å². The number of carbonyl (C=O) groups excluding carboxylic acids is 1. The number of carbonyl (C=O) groups is 1. The second kappa shape index (κ2) is 6.01. The molecule has 3 nitrogen and oxygen atoms in total. The molecule has 0 aliphatic heterocycles. The molecule has 0 fully saturated rings. The van der Waals surface area contributed by atoms with E-state index >= 15 is 0 Å². The number of nitrogens with zero attached hydrogens (tertiary/aromatic N) is 1. The van der Waals surface area contributed by atoms with Crippen LogP contribution < -0.4 is 22.7 Å². The second-order valence-corrected chi connectivity index (χ2v) is 3.61. The van der Waals surface area contributed by atoms with Crippen molar-refractivity contribution in [2.24, 2.45) is 5.73 Å². The van der Waals surface area contributed by atoms with E-state index in [0.29, 0.717) is 5.56 Å². The number of amides is 1. The van der Waals surface area contributed by atoms with Crippen LogP contribution in [0.3, 0.4) is 0 Å². The molecular weight excluding hydrogens is 236 g/mol. The van der Waals surface area contributed by atoms with Crippen LogP contribution >= 0.6 is 0 Å². The topological polar surface area (TPSA) is 47.0 Å². The molecule has 2 rings (SSSR count). The van der Waals surface area contributed by atoms with Crippen molar-refractivity contribution in [2.75, 3.05) is 0 Å². The van der Waals surface area contributed by atoms with Crippen molar-refractivity contribution >= 4 is 5.91 Å². The molecule has 1 aromatic carbocycles. The van der Waals surface area contributed by atoms with Crippen molar-refractivity contribution in [1.82, 2.24) is 0 Å². The minimum atomic E-state index is -0.389. The zero-order valence-electron chi connectivity index (χ0n) is 9.21. The number of pyridine rings is 1. The summed E-state index contributed by atoms with van der Waals surface area (Å²) in [5, 5.41) is 0. The summed E-state index contributed by atoms with van der Waals surface area (Å²) in [5.74, 6) is -0.389. The van der Waals surface area contributed by atoms with Gasteiger partial charge in [0.15, 0.2) is 18.9 Å². The molecule has 4 heteroatoms. The summed E-state index contributed by atoms with van der Waals surface area (Å²) in [7, 11) is 0. The third-order valence-corrected chi connectivity index (χ3v) is 2.35. The molecule has 1 heterocycles. The van der Waals surface area contributed by atoms with Gasteiger partial charge in [-0.2, -0.15) is 0 Å². The monoisotopic (exact) mass is 248 g/mol. The van der Waals surface area contributed by atoms with Crippen LogP contribution in [-0.4, -0.2) is 5.91 Å². The van der Waals surface area contributed by atoms with Crippen LogP contribution in [0.5, 0.6) is 0 Å². The van der Waals surface area contributed by atoms with E-state index < -0.39 is 0 Å². The Kier molecular flexibility index (Phi) is 4.67. The third-order valence-electron chi connectivity index (χ3n) is 2.35. The summed E-state index contributed by atoms with van der Waals surface area (Å²) in [6.07, 6.45) is 3.97. The Hall–Kier alpha value is -1.87. The third kappa shape index (κ3) is 3.57. The van der Waals surface area contributed by atoms with Gasteiger partial charge in [-0.05, 0) is 12.1 Å². The van der Waals surface area contributed by atoms with Crippen LogP contribution in [0.1, 0.15) is 15.9 Å². The summed E-state index contributed by atoms with van der Waals surface area (Å²) in [5.41, 5.74) is 6.84. The van der Waals surface area contributed by atoms with E-state index in [4.69, 9.17) is 5.73 Å². The summed E-state index contributed by atoms with van der Waals surface area (Å²) in [6, 6.07) is 13.3. The van der Waals surface area contributed by atoms with Gasteiger partial charge >= 0.3 is 0 Å². The van der Waals surface area contributed by atoms with E-state index in [2.05, 4.69) is 0 Å². The van der Waals surface area contributed by atoms with Crippen molar-refractivity contribution in [1.29, 1.82) is 0 Å². The predicted molar refractivity (Wildman–Crippen MR) is 60.7 cm³/mol. The van der Waals surface area contributed by atoms with E-state index in [0.717, 1.165) is 12.1 Å². The van der Waals surface area contributed by atoms with Crippen LogP contribution in [0.4, 0.5) is 0 Å².